The van der Waals surface area contributed by atoms with Gasteiger partial charge in [-0.3, -0.25) is 9.59 Å². The van der Waals surface area contributed by atoms with Gasteiger partial charge in [0.25, 0.3) is 5.91 Å². The Balaban J connectivity index is 1.48. The fourth-order valence-electron chi connectivity index (χ4n) is 3.58. The summed E-state index contributed by atoms with van der Waals surface area (Å²) in [4.78, 5) is 33.4. The number of nitrogens with zero attached hydrogens (tertiary/aromatic N) is 4. The van der Waals surface area contributed by atoms with E-state index in [0.717, 1.165) is 31.4 Å². The molecule has 4 rings (SSSR count). The zero-order valence-corrected chi connectivity index (χ0v) is 15.7. The van der Waals surface area contributed by atoms with Crippen molar-refractivity contribution in [1.82, 2.24) is 14.8 Å². The Labute approximate surface area is 164 Å². The van der Waals surface area contributed by atoms with Gasteiger partial charge in [-0.05, 0) is 43.5 Å². The first-order chi connectivity index (χ1) is 13.7. The van der Waals surface area contributed by atoms with Crippen LogP contribution in [0, 0.1) is 17.2 Å². The van der Waals surface area contributed by atoms with Crippen LogP contribution in [0.4, 0.5) is 0 Å². The van der Waals surface area contributed by atoms with E-state index in [9.17, 15) is 9.59 Å². The fourth-order valence-corrected chi connectivity index (χ4v) is 3.58. The second kappa shape index (κ2) is 7.81. The van der Waals surface area contributed by atoms with Crippen molar-refractivity contribution in [2.45, 2.75) is 19.3 Å². The van der Waals surface area contributed by atoms with Crippen molar-refractivity contribution >= 4 is 11.8 Å². The topological polar surface area (TPSA) is 77.3 Å². The lowest BCUT2D eigenvalue weighted by Crippen LogP contribution is -2.38. The van der Waals surface area contributed by atoms with E-state index in [1.807, 2.05) is 40.1 Å². The molecule has 2 heterocycles. The SMILES string of the molecule is N#Cc1cccc(-c2cccc(C(=O)N3CCCN(C(=O)C4CC4)CC3)c2)n1. The predicted octanol–water partition coefficient (Wildman–Crippen LogP) is 2.70. The van der Waals surface area contributed by atoms with Gasteiger partial charge >= 0.3 is 0 Å². The van der Waals surface area contributed by atoms with Gasteiger partial charge < -0.3 is 9.80 Å². The zero-order valence-electron chi connectivity index (χ0n) is 15.7. The van der Waals surface area contributed by atoms with Gasteiger partial charge in [0.15, 0.2) is 0 Å². The summed E-state index contributed by atoms with van der Waals surface area (Å²) < 4.78 is 0. The fraction of sp³-hybridized carbons (Fsp3) is 0.364. The molecule has 0 spiro atoms. The van der Waals surface area contributed by atoms with E-state index < -0.39 is 0 Å². The maximum Gasteiger partial charge on any atom is 0.253 e. The third kappa shape index (κ3) is 3.89. The molecule has 142 valence electrons. The number of aromatic nitrogens is 1. The molecule has 2 aromatic rings. The lowest BCUT2D eigenvalue weighted by Gasteiger charge is -2.22. The van der Waals surface area contributed by atoms with Crippen LogP contribution in [0.5, 0.6) is 0 Å². The number of hydrogen-bond donors (Lipinski definition) is 0. The minimum atomic E-state index is -0.0287. The van der Waals surface area contributed by atoms with Crippen molar-refractivity contribution in [2.75, 3.05) is 26.2 Å². The standard InChI is InChI=1S/C22H22N4O2/c23-15-19-6-2-7-20(24-19)17-4-1-5-18(14-17)22(28)26-11-3-10-25(12-13-26)21(27)16-8-9-16/h1-2,4-7,14,16H,3,8-13H2. The van der Waals surface area contributed by atoms with E-state index in [1.165, 1.54) is 0 Å². The van der Waals surface area contributed by atoms with Crippen LogP contribution in [0.15, 0.2) is 42.5 Å². The zero-order chi connectivity index (χ0) is 19.5. The summed E-state index contributed by atoms with van der Waals surface area (Å²) in [5, 5.41) is 9.05. The molecule has 0 unspecified atom stereocenters. The van der Waals surface area contributed by atoms with E-state index >= 15 is 0 Å². The lowest BCUT2D eigenvalue weighted by molar-refractivity contribution is -0.132. The normalized spacial score (nSPS) is 17.0. The highest BCUT2D eigenvalue weighted by Crippen LogP contribution is 2.31. The van der Waals surface area contributed by atoms with Crippen molar-refractivity contribution in [2.24, 2.45) is 5.92 Å². The van der Waals surface area contributed by atoms with Crippen LogP contribution in [-0.4, -0.2) is 52.8 Å². The third-order valence-corrected chi connectivity index (χ3v) is 5.29. The summed E-state index contributed by atoms with van der Waals surface area (Å²) in [6.07, 6.45) is 2.81. The molecule has 0 bridgehead atoms. The number of benzene rings is 1. The molecule has 2 amide bonds. The quantitative estimate of drug-likeness (QED) is 0.828. The van der Waals surface area contributed by atoms with Gasteiger partial charge in [0.1, 0.15) is 11.8 Å². The van der Waals surface area contributed by atoms with Crippen LogP contribution in [0.1, 0.15) is 35.3 Å². The number of nitriles is 1. The Kier molecular flexibility index (Phi) is 5.07. The van der Waals surface area contributed by atoms with Gasteiger partial charge in [-0.15, -0.1) is 0 Å². The van der Waals surface area contributed by atoms with Crippen molar-refractivity contribution in [3.63, 3.8) is 0 Å². The summed E-state index contributed by atoms with van der Waals surface area (Å²) in [6.45, 7) is 2.54. The van der Waals surface area contributed by atoms with Crippen LogP contribution >= 0.6 is 0 Å². The summed E-state index contributed by atoms with van der Waals surface area (Å²) in [5.74, 6) is 0.439. The molecule has 6 nitrogen and oxygen atoms in total. The number of hydrogen-bond acceptors (Lipinski definition) is 4. The molecule has 1 saturated heterocycles. The number of carbonyl (C=O) groups is 2. The minimum Gasteiger partial charge on any atom is -0.341 e. The predicted molar refractivity (Wildman–Crippen MR) is 104 cm³/mol. The summed E-state index contributed by atoms with van der Waals surface area (Å²) in [5.41, 5.74) is 2.43. The maximum absolute atomic E-state index is 13.0. The van der Waals surface area contributed by atoms with Gasteiger partial charge in [-0.25, -0.2) is 4.98 Å². The second-order valence-corrected chi connectivity index (χ2v) is 7.35. The van der Waals surface area contributed by atoms with E-state index in [2.05, 4.69) is 4.98 Å². The summed E-state index contributed by atoms with van der Waals surface area (Å²) >= 11 is 0. The first kappa shape index (κ1) is 18.2. The van der Waals surface area contributed by atoms with Crippen molar-refractivity contribution < 1.29 is 9.59 Å². The molecule has 28 heavy (non-hydrogen) atoms. The van der Waals surface area contributed by atoms with Gasteiger partial charge in [-0.2, -0.15) is 5.26 Å². The Hall–Kier alpha value is -3.20. The first-order valence-electron chi connectivity index (χ1n) is 9.71. The van der Waals surface area contributed by atoms with E-state index in [1.54, 1.807) is 18.2 Å². The van der Waals surface area contributed by atoms with Crippen LogP contribution in [-0.2, 0) is 4.79 Å². The smallest absolute Gasteiger partial charge is 0.253 e. The van der Waals surface area contributed by atoms with E-state index in [4.69, 9.17) is 5.26 Å². The van der Waals surface area contributed by atoms with Crippen molar-refractivity contribution in [3.05, 3.63) is 53.7 Å². The van der Waals surface area contributed by atoms with Gasteiger partial charge in [0.2, 0.25) is 5.91 Å². The van der Waals surface area contributed by atoms with Crippen molar-refractivity contribution in [1.29, 1.82) is 5.26 Å². The second-order valence-electron chi connectivity index (χ2n) is 7.35. The third-order valence-electron chi connectivity index (χ3n) is 5.29. The van der Waals surface area contributed by atoms with Gasteiger partial charge in [-0.1, -0.05) is 18.2 Å². The van der Waals surface area contributed by atoms with Crippen LogP contribution in [0.2, 0.25) is 0 Å². The number of amides is 2. The van der Waals surface area contributed by atoms with E-state index in [0.29, 0.717) is 36.6 Å². The van der Waals surface area contributed by atoms with Crippen LogP contribution < -0.4 is 0 Å². The maximum atomic E-state index is 13.0. The number of carbonyl (C=O) groups excluding carboxylic acids is 2. The Bertz CT molecular complexity index is 946. The largest absolute Gasteiger partial charge is 0.341 e. The molecular formula is C22H22N4O2. The van der Waals surface area contributed by atoms with Gasteiger partial charge in [0, 0.05) is 43.2 Å². The minimum absolute atomic E-state index is 0.0287. The average Bonchev–Trinajstić information content (AvgIpc) is 3.60. The Morgan fingerprint density at radius 1 is 1.00 bits per heavy atom. The monoisotopic (exact) mass is 374 g/mol. The molecule has 1 aromatic carbocycles. The molecule has 1 aromatic heterocycles. The lowest BCUT2D eigenvalue weighted by atomic mass is 10.1. The van der Waals surface area contributed by atoms with E-state index in [-0.39, 0.29) is 17.7 Å². The molecular weight excluding hydrogens is 352 g/mol. The van der Waals surface area contributed by atoms with Crippen LogP contribution in [0.3, 0.4) is 0 Å². The average molecular weight is 374 g/mol. The Morgan fingerprint density at radius 2 is 1.75 bits per heavy atom. The molecule has 1 aliphatic heterocycles. The highest BCUT2D eigenvalue weighted by molar-refractivity contribution is 5.95. The van der Waals surface area contributed by atoms with Gasteiger partial charge in [0.05, 0.1) is 5.69 Å². The first-order valence-corrected chi connectivity index (χ1v) is 9.71. The molecule has 0 atom stereocenters. The highest BCUT2D eigenvalue weighted by Gasteiger charge is 2.34. The number of pyridine rings is 1. The van der Waals surface area contributed by atoms with Crippen LogP contribution in [0.25, 0.3) is 11.3 Å². The molecule has 2 fully saturated rings. The summed E-state index contributed by atoms with van der Waals surface area (Å²) in [6, 6.07) is 14.7. The molecule has 1 aliphatic carbocycles. The van der Waals surface area contributed by atoms with Crippen molar-refractivity contribution in [3.8, 4) is 17.3 Å². The highest BCUT2D eigenvalue weighted by atomic mass is 16.2. The molecule has 1 saturated carbocycles. The molecule has 0 radical (unpaired) electrons. The summed E-state index contributed by atoms with van der Waals surface area (Å²) in [7, 11) is 0. The number of rotatable bonds is 3. The molecule has 0 N–H and O–H groups in total. The molecule has 6 heteroatoms. The Morgan fingerprint density at radius 3 is 2.54 bits per heavy atom. The molecule has 2 aliphatic rings.